The maximum Gasteiger partial charge on any atom is 0.130 e. The van der Waals surface area contributed by atoms with Crippen molar-refractivity contribution < 1.29 is 9.13 Å². The number of benzene rings is 1. The van der Waals surface area contributed by atoms with E-state index in [9.17, 15) is 4.39 Å². The Balaban J connectivity index is 2.13. The lowest BCUT2D eigenvalue weighted by Gasteiger charge is -2.25. The SMILES string of the molecule is COc1cccc(F)c1C1(C2(N)CC2)CC1. The van der Waals surface area contributed by atoms with E-state index in [0.29, 0.717) is 11.3 Å². The summed E-state index contributed by atoms with van der Waals surface area (Å²) >= 11 is 0. The number of ether oxygens (including phenoxy) is 1. The Morgan fingerprint density at radius 2 is 1.94 bits per heavy atom. The van der Waals surface area contributed by atoms with Crippen LogP contribution in [0.15, 0.2) is 18.2 Å². The van der Waals surface area contributed by atoms with Gasteiger partial charge in [-0.3, -0.25) is 0 Å². The average molecular weight is 221 g/mol. The van der Waals surface area contributed by atoms with Crippen LogP contribution in [0.3, 0.4) is 0 Å². The molecule has 2 nitrogen and oxygen atoms in total. The fourth-order valence-corrected chi connectivity index (χ4v) is 2.87. The first kappa shape index (κ1) is 10.1. The smallest absolute Gasteiger partial charge is 0.130 e. The molecule has 16 heavy (non-hydrogen) atoms. The number of halogens is 1. The summed E-state index contributed by atoms with van der Waals surface area (Å²) in [6.07, 6.45) is 3.98. The zero-order valence-electron chi connectivity index (χ0n) is 9.42. The average Bonchev–Trinajstić information content (AvgIpc) is 3.14. The van der Waals surface area contributed by atoms with E-state index in [2.05, 4.69) is 0 Å². The highest BCUT2D eigenvalue weighted by molar-refractivity contribution is 5.49. The Morgan fingerprint density at radius 1 is 1.25 bits per heavy atom. The monoisotopic (exact) mass is 221 g/mol. The molecule has 0 saturated heterocycles. The van der Waals surface area contributed by atoms with Crippen LogP contribution in [0.5, 0.6) is 5.75 Å². The minimum atomic E-state index is -0.178. The number of methoxy groups -OCH3 is 1. The lowest BCUT2D eigenvalue weighted by Crippen LogP contribution is -2.38. The third-order valence-corrected chi connectivity index (χ3v) is 4.17. The van der Waals surface area contributed by atoms with E-state index in [0.717, 1.165) is 25.7 Å². The van der Waals surface area contributed by atoms with Gasteiger partial charge in [-0.25, -0.2) is 4.39 Å². The van der Waals surface area contributed by atoms with Crippen LogP contribution in [0.2, 0.25) is 0 Å². The Bertz CT molecular complexity index is 436. The molecule has 1 aromatic carbocycles. The van der Waals surface area contributed by atoms with Gasteiger partial charge in [0.15, 0.2) is 0 Å². The molecule has 0 heterocycles. The van der Waals surface area contributed by atoms with E-state index >= 15 is 0 Å². The number of hydrogen-bond donors (Lipinski definition) is 1. The summed E-state index contributed by atoms with van der Waals surface area (Å²) in [5.74, 6) is 0.475. The van der Waals surface area contributed by atoms with E-state index < -0.39 is 0 Å². The molecule has 2 fully saturated rings. The molecule has 2 aliphatic rings. The van der Waals surface area contributed by atoms with Gasteiger partial charge in [-0.1, -0.05) is 6.07 Å². The Hall–Kier alpha value is -1.09. The van der Waals surface area contributed by atoms with Gasteiger partial charge in [-0.05, 0) is 37.8 Å². The lowest BCUT2D eigenvalue weighted by atomic mass is 9.85. The molecular weight excluding hydrogens is 205 g/mol. The summed E-state index contributed by atoms with van der Waals surface area (Å²) in [5.41, 5.74) is 6.67. The van der Waals surface area contributed by atoms with Crippen molar-refractivity contribution in [3.05, 3.63) is 29.6 Å². The standard InChI is InChI=1S/C13H16FNO/c1-16-10-4-2-3-9(14)11(10)12(5-6-12)13(15)7-8-13/h2-4H,5-8,15H2,1H3. The lowest BCUT2D eigenvalue weighted by molar-refractivity contribution is 0.382. The molecule has 0 spiro atoms. The van der Waals surface area contributed by atoms with Crippen LogP contribution in [-0.4, -0.2) is 12.6 Å². The van der Waals surface area contributed by atoms with E-state index in [1.165, 1.54) is 6.07 Å². The second-order valence-electron chi connectivity index (χ2n) is 5.06. The molecule has 0 aliphatic heterocycles. The number of hydrogen-bond acceptors (Lipinski definition) is 2. The largest absolute Gasteiger partial charge is 0.496 e. The summed E-state index contributed by atoms with van der Waals surface area (Å²) in [4.78, 5) is 0. The fourth-order valence-electron chi connectivity index (χ4n) is 2.87. The van der Waals surface area contributed by atoms with Gasteiger partial charge < -0.3 is 10.5 Å². The molecule has 2 aliphatic carbocycles. The van der Waals surface area contributed by atoms with Crippen LogP contribution in [-0.2, 0) is 5.41 Å². The summed E-state index contributed by atoms with van der Waals surface area (Å²) in [6.45, 7) is 0. The highest BCUT2D eigenvalue weighted by Gasteiger charge is 2.65. The number of rotatable bonds is 3. The van der Waals surface area contributed by atoms with Crippen LogP contribution >= 0.6 is 0 Å². The van der Waals surface area contributed by atoms with Gasteiger partial charge in [0.1, 0.15) is 11.6 Å². The van der Waals surface area contributed by atoms with Crippen molar-refractivity contribution in [1.82, 2.24) is 0 Å². The molecule has 0 unspecified atom stereocenters. The first-order chi connectivity index (χ1) is 7.63. The minimum absolute atomic E-state index is 0.149. The van der Waals surface area contributed by atoms with Crippen LogP contribution < -0.4 is 10.5 Å². The molecule has 3 heteroatoms. The minimum Gasteiger partial charge on any atom is -0.496 e. The summed E-state index contributed by atoms with van der Waals surface area (Å²) in [5, 5.41) is 0. The first-order valence-corrected chi connectivity index (χ1v) is 5.75. The Labute approximate surface area is 94.6 Å². The number of nitrogens with two attached hydrogens (primary N) is 1. The van der Waals surface area contributed by atoms with E-state index in [1.54, 1.807) is 13.2 Å². The van der Waals surface area contributed by atoms with Crippen molar-refractivity contribution >= 4 is 0 Å². The quantitative estimate of drug-likeness (QED) is 0.850. The molecule has 0 amide bonds. The molecular formula is C13H16FNO. The van der Waals surface area contributed by atoms with Gasteiger partial charge >= 0.3 is 0 Å². The predicted molar refractivity (Wildman–Crippen MR) is 60.0 cm³/mol. The van der Waals surface area contributed by atoms with Crippen molar-refractivity contribution in [3.8, 4) is 5.75 Å². The second kappa shape index (κ2) is 2.98. The maximum atomic E-state index is 14.0. The molecule has 86 valence electrons. The molecule has 2 saturated carbocycles. The highest BCUT2D eigenvalue weighted by atomic mass is 19.1. The van der Waals surface area contributed by atoms with Gasteiger partial charge in [-0.15, -0.1) is 0 Å². The van der Waals surface area contributed by atoms with Crippen molar-refractivity contribution in [1.29, 1.82) is 0 Å². The van der Waals surface area contributed by atoms with E-state index in [-0.39, 0.29) is 16.8 Å². The summed E-state index contributed by atoms with van der Waals surface area (Å²) in [6, 6.07) is 5.01. The topological polar surface area (TPSA) is 35.2 Å². The van der Waals surface area contributed by atoms with Gasteiger partial charge in [0, 0.05) is 16.5 Å². The fraction of sp³-hybridized carbons (Fsp3) is 0.538. The van der Waals surface area contributed by atoms with E-state index in [4.69, 9.17) is 10.5 Å². The van der Waals surface area contributed by atoms with Gasteiger partial charge in [0.05, 0.1) is 7.11 Å². The van der Waals surface area contributed by atoms with Crippen LogP contribution in [0.25, 0.3) is 0 Å². The highest BCUT2D eigenvalue weighted by Crippen LogP contribution is 2.65. The van der Waals surface area contributed by atoms with E-state index in [1.807, 2.05) is 6.07 Å². The third-order valence-electron chi connectivity index (χ3n) is 4.17. The molecule has 3 rings (SSSR count). The molecule has 1 aromatic rings. The van der Waals surface area contributed by atoms with Crippen molar-refractivity contribution in [3.63, 3.8) is 0 Å². The van der Waals surface area contributed by atoms with Crippen molar-refractivity contribution in [2.45, 2.75) is 36.6 Å². The molecule has 0 aromatic heterocycles. The molecule has 0 bridgehead atoms. The third kappa shape index (κ3) is 1.15. The second-order valence-corrected chi connectivity index (χ2v) is 5.06. The zero-order valence-corrected chi connectivity index (χ0v) is 9.42. The van der Waals surface area contributed by atoms with Gasteiger partial charge in [0.25, 0.3) is 0 Å². The molecule has 0 radical (unpaired) electrons. The Kier molecular flexibility index (Phi) is 1.88. The molecule has 0 atom stereocenters. The van der Waals surface area contributed by atoms with Crippen LogP contribution in [0.1, 0.15) is 31.2 Å². The summed E-state index contributed by atoms with van der Waals surface area (Å²) in [7, 11) is 1.59. The zero-order chi connectivity index (χ0) is 11.4. The van der Waals surface area contributed by atoms with Crippen molar-refractivity contribution in [2.24, 2.45) is 5.73 Å². The normalized spacial score (nSPS) is 23.9. The van der Waals surface area contributed by atoms with Crippen molar-refractivity contribution in [2.75, 3.05) is 7.11 Å². The molecule has 2 N–H and O–H groups in total. The Morgan fingerprint density at radius 3 is 2.44 bits per heavy atom. The maximum absolute atomic E-state index is 14.0. The van der Waals surface area contributed by atoms with Crippen LogP contribution in [0.4, 0.5) is 4.39 Å². The first-order valence-electron chi connectivity index (χ1n) is 5.75. The summed E-state index contributed by atoms with van der Waals surface area (Å²) < 4.78 is 19.3. The van der Waals surface area contributed by atoms with Gasteiger partial charge in [0.2, 0.25) is 0 Å². The predicted octanol–water partition coefficient (Wildman–Crippen LogP) is 2.36. The van der Waals surface area contributed by atoms with Crippen LogP contribution in [0, 0.1) is 5.82 Å². The van der Waals surface area contributed by atoms with Gasteiger partial charge in [-0.2, -0.15) is 0 Å².